The second-order valence-electron chi connectivity index (χ2n) is 5.63. The van der Waals surface area contributed by atoms with Crippen LogP contribution in [0.1, 0.15) is 29.7 Å². The number of carbonyl (C=O) groups excluding carboxylic acids is 2. The Kier molecular flexibility index (Phi) is 7.34. The van der Waals surface area contributed by atoms with Gasteiger partial charge in [-0.2, -0.15) is 0 Å². The third-order valence-electron chi connectivity index (χ3n) is 3.59. The number of thiazole rings is 1. The van der Waals surface area contributed by atoms with Crippen LogP contribution in [0.3, 0.4) is 0 Å². The lowest BCUT2D eigenvalue weighted by molar-refractivity contribution is -0.141. The highest BCUT2D eigenvalue weighted by Crippen LogP contribution is 2.19. The highest BCUT2D eigenvalue weighted by molar-refractivity contribution is 7.15. The minimum Gasteiger partial charge on any atom is -0.464 e. The monoisotopic (exact) mass is 378 g/mol. The fourth-order valence-corrected chi connectivity index (χ4v) is 2.74. The molecule has 0 fully saturated rings. The number of nitrogens with zero attached hydrogens (tertiary/aromatic N) is 2. The largest absolute Gasteiger partial charge is 0.464 e. The number of pyridine rings is 1. The second kappa shape index (κ2) is 9.71. The van der Waals surface area contributed by atoms with Crippen LogP contribution in [0.25, 0.3) is 0 Å². The van der Waals surface area contributed by atoms with E-state index in [1.807, 2.05) is 19.9 Å². The van der Waals surface area contributed by atoms with Crippen molar-refractivity contribution in [3.05, 3.63) is 35.0 Å². The number of aryl methyl sites for hydroxylation is 1. The van der Waals surface area contributed by atoms with Gasteiger partial charge in [-0.1, -0.05) is 13.0 Å². The molecule has 26 heavy (non-hydrogen) atoms. The minimum absolute atomic E-state index is 0.0940. The van der Waals surface area contributed by atoms with E-state index in [0.717, 1.165) is 10.4 Å². The van der Waals surface area contributed by atoms with E-state index in [9.17, 15) is 9.59 Å². The average Bonchev–Trinajstić information content (AvgIpc) is 3.05. The van der Waals surface area contributed by atoms with E-state index in [2.05, 4.69) is 25.3 Å². The quantitative estimate of drug-likeness (QED) is 0.680. The first-order valence-corrected chi connectivity index (χ1v) is 8.92. The highest BCUT2D eigenvalue weighted by Gasteiger charge is 2.10. The Bertz CT molecular complexity index is 733. The molecule has 0 aliphatic heterocycles. The number of methoxy groups -OCH3 is 1. The predicted octanol–water partition coefficient (Wildman–Crippen LogP) is 3.17. The SMILES string of the molecule is COC(=O)Nc1ccc(C(C)CCOC(=O)CNc2ncc(C)s2)cn1. The van der Waals surface area contributed by atoms with Crippen LogP contribution >= 0.6 is 11.3 Å². The molecule has 0 saturated carbocycles. The number of esters is 1. The van der Waals surface area contributed by atoms with E-state index in [1.54, 1.807) is 18.5 Å². The van der Waals surface area contributed by atoms with Gasteiger partial charge < -0.3 is 14.8 Å². The fourth-order valence-electron chi connectivity index (χ4n) is 2.08. The Hall–Kier alpha value is -2.68. The van der Waals surface area contributed by atoms with Crippen molar-refractivity contribution in [1.29, 1.82) is 0 Å². The predicted molar refractivity (Wildman–Crippen MR) is 99.6 cm³/mol. The molecule has 0 spiro atoms. The summed E-state index contributed by atoms with van der Waals surface area (Å²) < 4.78 is 9.74. The summed E-state index contributed by atoms with van der Waals surface area (Å²) >= 11 is 1.49. The number of rotatable bonds is 8. The van der Waals surface area contributed by atoms with E-state index < -0.39 is 6.09 Å². The smallest absolute Gasteiger partial charge is 0.412 e. The molecule has 9 heteroatoms. The number of amides is 1. The van der Waals surface area contributed by atoms with Gasteiger partial charge in [0, 0.05) is 17.3 Å². The van der Waals surface area contributed by atoms with Crippen LogP contribution in [0, 0.1) is 6.92 Å². The Morgan fingerprint density at radius 2 is 2.08 bits per heavy atom. The molecule has 0 saturated heterocycles. The van der Waals surface area contributed by atoms with Crippen LogP contribution in [-0.4, -0.2) is 42.3 Å². The van der Waals surface area contributed by atoms with Crippen LogP contribution in [-0.2, 0) is 14.3 Å². The average molecular weight is 378 g/mol. The number of nitrogens with one attached hydrogen (secondary N) is 2. The lowest BCUT2D eigenvalue weighted by atomic mass is 10.0. The molecule has 1 atom stereocenters. The molecule has 140 valence electrons. The first-order chi connectivity index (χ1) is 12.5. The Morgan fingerprint density at radius 1 is 1.27 bits per heavy atom. The van der Waals surface area contributed by atoms with E-state index in [-0.39, 0.29) is 18.4 Å². The van der Waals surface area contributed by atoms with Gasteiger partial charge >= 0.3 is 12.1 Å². The summed E-state index contributed by atoms with van der Waals surface area (Å²) in [6, 6.07) is 3.58. The number of anilines is 2. The third-order valence-corrected chi connectivity index (χ3v) is 4.46. The van der Waals surface area contributed by atoms with Gasteiger partial charge in [0.25, 0.3) is 0 Å². The normalized spacial score (nSPS) is 11.5. The molecule has 2 N–H and O–H groups in total. The summed E-state index contributed by atoms with van der Waals surface area (Å²) in [5.41, 5.74) is 0.993. The molecule has 2 aromatic rings. The molecule has 0 aromatic carbocycles. The molecule has 0 aliphatic rings. The molecule has 0 radical (unpaired) electrons. The van der Waals surface area contributed by atoms with Gasteiger partial charge in [0.1, 0.15) is 12.4 Å². The maximum Gasteiger partial charge on any atom is 0.412 e. The molecule has 8 nitrogen and oxygen atoms in total. The standard InChI is InChI=1S/C17H22N4O4S/c1-11(13-4-5-14(18-9-13)21-17(23)24-3)6-7-25-15(22)10-20-16-19-8-12(2)26-16/h4-5,8-9,11H,6-7,10H2,1-3H3,(H,19,20)(H,18,21,23). The number of aromatic nitrogens is 2. The number of hydrogen-bond acceptors (Lipinski definition) is 8. The van der Waals surface area contributed by atoms with Gasteiger partial charge in [-0.25, -0.2) is 14.8 Å². The molecular weight excluding hydrogens is 356 g/mol. The van der Waals surface area contributed by atoms with Crippen LogP contribution in [0.2, 0.25) is 0 Å². The Labute approximate surface area is 156 Å². The number of carbonyl (C=O) groups is 2. The summed E-state index contributed by atoms with van der Waals surface area (Å²) in [5, 5.41) is 6.14. The molecule has 1 amide bonds. The van der Waals surface area contributed by atoms with Crippen LogP contribution < -0.4 is 10.6 Å². The maximum atomic E-state index is 11.7. The maximum absolute atomic E-state index is 11.7. The van der Waals surface area contributed by atoms with Gasteiger partial charge in [0.2, 0.25) is 0 Å². The van der Waals surface area contributed by atoms with Crippen molar-refractivity contribution in [2.45, 2.75) is 26.2 Å². The molecule has 0 bridgehead atoms. The highest BCUT2D eigenvalue weighted by atomic mass is 32.1. The van der Waals surface area contributed by atoms with Gasteiger partial charge in [0.15, 0.2) is 5.13 Å². The van der Waals surface area contributed by atoms with Crippen molar-refractivity contribution in [3.63, 3.8) is 0 Å². The first-order valence-electron chi connectivity index (χ1n) is 8.10. The first kappa shape index (κ1) is 19.6. The van der Waals surface area contributed by atoms with Gasteiger partial charge in [-0.3, -0.25) is 10.1 Å². The van der Waals surface area contributed by atoms with Crippen molar-refractivity contribution in [3.8, 4) is 0 Å². The van der Waals surface area contributed by atoms with Gasteiger partial charge in [0.05, 0.1) is 13.7 Å². The molecule has 2 rings (SSSR count). The summed E-state index contributed by atoms with van der Waals surface area (Å²) in [6.45, 7) is 4.39. The molecule has 2 aromatic heterocycles. The second-order valence-corrected chi connectivity index (χ2v) is 6.87. The van der Waals surface area contributed by atoms with Crippen LogP contribution in [0.4, 0.5) is 15.7 Å². The zero-order valence-corrected chi connectivity index (χ0v) is 15.8. The van der Waals surface area contributed by atoms with E-state index >= 15 is 0 Å². The molecule has 1 unspecified atom stereocenters. The van der Waals surface area contributed by atoms with E-state index in [0.29, 0.717) is 24.0 Å². The van der Waals surface area contributed by atoms with E-state index in [4.69, 9.17) is 4.74 Å². The number of hydrogen-bond donors (Lipinski definition) is 2. The third kappa shape index (κ3) is 6.32. The summed E-state index contributed by atoms with van der Waals surface area (Å²) in [7, 11) is 1.29. The van der Waals surface area contributed by atoms with Crippen molar-refractivity contribution < 1.29 is 19.1 Å². The Balaban J connectivity index is 1.69. The lowest BCUT2D eigenvalue weighted by Crippen LogP contribution is -2.18. The number of ether oxygens (including phenoxy) is 2. The lowest BCUT2D eigenvalue weighted by Gasteiger charge is -2.12. The van der Waals surface area contributed by atoms with Crippen molar-refractivity contribution in [1.82, 2.24) is 9.97 Å². The summed E-state index contributed by atoms with van der Waals surface area (Å²) in [6.07, 6.45) is 3.55. The summed E-state index contributed by atoms with van der Waals surface area (Å²) in [4.78, 5) is 32.2. The van der Waals surface area contributed by atoms with Crippen molar-refractivity contribution in [2.75, 3.05) is 30.9 Å². The fraction of sp³-hybridized carbons (Fsp3) is 0.412. The van der Waals surface area contributed by atoms with Crippen molar-refractivity contribution >= 4 is 34.3 Å². The van der Waals surface area contributed by atoms with E-state index in [1.165, 1.54) is 18.4 Å². The van der Waals surface area contributed by atoms with Gasteiger partial charge in [-0.05, 0) is 30.9 Å². The van der Waals surface area contributed by atoms with Crippen LogP contribution in [0.15, 0.2) is 24.5 Å². The Morgan fingerprint density at radius 3 is 2.69 bits per heavy atom. The molecule has 2 heterocycles. The molecule has 0 aliphatic carbocycles. The van der Waals surface area contributed by atoms with Crippen molar-refractivity contribution in [2.24, 2.45) is 0 Å². The van der Waals surface area contributed by atoms with Crippen LogP contribution in [0.5, 0.6) is 0 Å². The zero-order chi connectivity index (χ0) is 18.9. The summed E-state index contributed by atoms with van der Waals surface area (Å²) in [5.74, 6) is 0.264. The zero-order valence-electron chi connectivity index (χ0n) is 14.9. The molecular formula is C17H22N4O4S. The topological polar surface area (TPSA) is 102 Å². The minimum atomic E-state index is -0.563. The van der Waals surface area contributed by atoms with Gasteiger partial charge in [-0.15, -0.1) is 11.3 Å².